The maximum atomic E-state index is 2.48. The van der Waals surface area contributed by atoms with Gasteiger partial charge in [-0.2, -0.15) is 0 Å². The molecule has 0 unspecified atom stereocenters. The van der Waals surface area contributed by atoms with Crippen molar-refractivity contribution in [2.75, 3.05) is 33.7 Å². The normalized spacial score (nSPS) is 18.7. The minimum atomic E-state index is 0.952. The SMILES string of the molecule is Cc1ccsc1CN(C)CCC1CCN(C)CC1. The van der Waals surface area contributed by atoms with Crippen LogP contribution in [0, 0.1) is 12.8 Å². The summed E-state index contributed by atoms with van der Waals surface area (Å²) < 4.78 is 0. The van der Waals surface area contributed by atoms with E-state index in [9.17, 15) is 0 Å². The lowest BCUT2D eigenvalue weighted by Crippen LogP contribution is -2.31. The zero-order valence-electron chi connectivity index (χ0n) is 12.0. The molecule has 1 aromatic heterocycles. The van der Waals surface area contributed by atoms with Crippen LogP contribution in [0.2, 0.25) is 0 Å². The van der Waals surface area contributed by atoms with Crippen LogP contribution in [-0.4, -0.2) is 43.5 Å². The van der Waals surface area contributed by atoms with Crippen molar-refractivity contribution in [3.8, 4) is 0 Å². The fourth-order valence-electron chi connectivity index (χ4n) is 2.64. The topological polar surface area (TPSA) is 6.48 Å². The molecule has 1 aliphatic heterocycles. The molecule has 102 valence electrons. The van der Waals surface area contributed by atoms with E-state index in [1.54, 1.807) is 0 Å². The average molecular weight is 266 g/mol. The van der Waals surface area contributed by atoms with Gasteiger partial charge in [0, 0.05) is 11.4 Å². The Labute approximate surface area is 116 Å². The van der Waals surface area contributed by atoms with Crippen LogP contribution in [0.15, 0.2) is 11.4 Å². The molecule has 0 N–H and O–H groups in total. The van der Waals surface area contributed by atoms with Gasteiger partial charge in [-0.05, 0) is 82.8 Å². The van der Waals surface area contributed by atoms with Crippen LogP contribution in [0.3, 0.4) is 0 Å². The van der Waals surface area contributed by atoms with Gasteiger partial charge in [0.25, 0.3) is 0 Å². The largest absolute Gasteiger partial charge is 0.306 e. The number of hydrogen-bond donors (Lipinski definition) is 0. The number of hydrogen-bond acceptors (Lipinski definition) is 3. The molecular formula is C15H26N2S. The third kappa shape index (κ3) is 4.08. The summed E-state index contributed by atoms with van der Waals surface area (Å²) in [6, 6.07) is 2.23. The highest BCUT2D eigenvalue weighted by Crippen LogP contribution is 2.21. The summed E-state index contributed by atoms with van der Waals surface area (Å²) >= 11 is 1.89. The van der Waals surface area contributed by atoms with Gasteiger partial charge in [0.15, 0.2) is 0 Å². The average Bonchev–Trinajstić information content (AvgIpc) is 2.74. The number of piperidine rings is 1. The molecule has 1 saturated heterocycles. The van der Waals surface area contributed by atoms with Crippen LogP contribution in [0.1, 0.15) is 29.7 Å². The molecule has 1 aromatic rings. The highest BCUT2D eigenvalue weighted by Gasteiger charge is 2.17. The maximum absolute atomic E-state index is 2.48. The third-order valence-corrected chi connectivity index (χ3v) is 5.15. The van der Waals surface area contributed by atoms with Gasteiger partial charge in [-0.25, -0.2) is 0 Å². The summed E-state index contributed by atoms with van der Waals surface area (Å²) in [7, 11) is 4.50. The van der Waals surface area contributed by atoms with E-state index in [0.717, 1.165) is 12.5 Å². The van der Waals surface area contributed by atoms with E-state index in [4.69, 9.17) is 0 Å². The first-order valence-electron chi connectivity index (χ1n) is 7.05. The van der Waals surface area contributed by atoms with E-state index in [2.05, 4.69) is 42.3 Å². The van der Waals surface area contributed by atoms with E-state index < -0.39 is 0 Å². The predicted molar refractivity (Wildman–Crippen MR) is 80.2 cm³/mol. The quantitative estimate of drug-likeness (QED) is 0.807. The molecular weight excluding hydrogens is 240 g/mol. The summed E-state index contributed by atoms with van der Waals surface area (Å²) in [4.78, 5) is 6.47. The van der Waals surface area contributed by atoms with Crippen molar-refractivity contribution in [2.45, 2.75) is 32.7 Å². The fourth-order valence-corrected chi connectivity index (χ4v) is 3.63. The molecule has 18 heavy (non-hydrogen) atoms. The molecule has 0 bridgehead atoms. The molecule has 0 radical (unpaired) electrons. The Morgan fingerprint density at radius 3 is 2.72 bits per heavy atom. The van der Waals surface area contributed by atoms with Crippen molar-refractivity contribution < 1.29 is 0 Å². The summed E-state index contributed by atoms with van der Waals surface area (Å²) in [5.74, 6) is 0.952. The highest BCUT2D eigenvalue weighted by atomic mass is 32.1. The molecule has 1 aliphatic rings. The number of rotatable bonds is 5. The van der Waals surface area contributed by atoms with Crippen molar-refractivity contribution in [3.05, 3.63) is 21.9 Å². The highest BCUT2D eigenvalue weighted by molar-refractivity contribution is 7.10. The van der Waals surface area contributed by atoms with Gasteiger partial charge in [0.2, 0.25) is 0 Å². The van der Waals surface area contributed by atoms with Gasteiger partial charge >= 0.3 is 0 Å². The molecule has 2 rings (SSSR count). The van der Waals surface area contributed by atoms with Crippen molar-refractivity contribution in [1.29, 1.82) is 0 Å². The van der Waals surface area contributed by atoms with Gasteiger partial charge in [0.1, 0.15) is 0 Å². The molecule has 0 aliphatic carbocycles. The zero-order chi connectivity index (χ0) is 13.0. The van der Waals surface area contributed by atoms with Crippen molar-refractivity contribution in [2.24, 2.45) is 5.92 Å². The second kappa shape index (κ2) is 6.69. The molecule has 0 saturated carbocycles. The molecule has 0 aromatic carbocycles. The smallest absolute Gasteiger partial charge is 0.0327 e. The van der Waals surface area contributed by atoms with E-state index in [0.29, 0.717) is 0 Å². The Morgan fingerprint density at radius 1 is 1.39 bits per heavy atom. The molecule has 3 heteroatoms. The van der Waals surface area contributed by atoms with Crippen LogP contribution >= 0.6 is 11.3 Å². The van der Waals surface area contributed by atoms with E-state index in [1.165, 1.54) is 49.3 Å². The van der Waals surface area contributed by atoms with Gasteiger partial charge in [-0.15, -0.1) is 11.3 Å². The number of nitrogens with zero attached hydrogens (tertiary/aromatic N) is 2. The van der Waals surface area contributed by atoms with Crippen LogP contribution in [-0.2, 0) is 6.54 Å². The Hall–Kier alpha value is -0.380. The molecule has 2 heterocycles. The van der Waals surface area contributed by atoms with Crippen LogP contribution in [0.5, 0.6) is 0 Å². The Bertz CT molecular complexity index is 353. The lowest BCUT2D eigenvalue weighted by molar-refractivity contribution is 0.194. The minimum absolute atomic E-state index is 0.952. The van der Waals surface area contributed by atoms with Crippen molar-refractivity contribution in [1.82, 2.24) is 9.80 Å². The molecule has 0 atom stereocenters. The second-order valence-electron chi connectivity index (χ2n) is 5.80. The lowest BCUT2D eigenvalue weighted by atomic mass is 9.94. The Morgan fingerprint density at radius 2 is 2.11 bits per heavy atom. The van der Waals surface area contributed by atoms with E-state index in [-0.39, 0.29) is 0 Å². The van der Waals surface area contributed by atoms with Gasteiger partial charge in [-0.1, -0.05) is 0 Å². The zero-order valence-corrected chi connectivity index (χ0v) is 12.8. The van der Waals surface area contributed by atoms with Crippen LogP contribution < -0.4 is 0 Å². The van der Waals surface area contributed by atoms with E-state index >= 15 is 0 Å². The molecule has 2 nitrogen and oxygen atoms in total. The Kier molecular flexibility index (Phi) is 5.22. The summed E-state index contributed by atoms with van der Waals surface area (Å²) in [5, 5.41) is 2.20. The molecule has 0 spiro atoms. The Balaban J connectivity index is 1.69. The number of aryl methyl sites for hydroxylation is 1. The molecule has 0 amide bonds. The minimum Gasteiger partial charge on any atom is -0.306 e. The first-order chi connectivity index (χ1) is 8.65. The predicted octanol–water partition coefficient (Wildman–Crippen LogP) is 3.22. The van der Waals surface area contributed by atoms with Crippen molar-refractivity contribution >= 4 is 11.3 Å². The second-order valence-corrected chi connectivity index (χ2v) is 6.80. The fraction of sp³-hybridized carbons (Fsp3) is 0.733. The standard InChI is InChI=1S/C15H26N2S/c1-13-7-11-18-15(13)12-17(3)10-6-14-4-8-16(2)9-5-14/h7,11,14H,4-6,8-10,12H2,1-3H3. The monoisotopic (exact) mass is 266 g/mol. The summed E-state index contributed by atoms with van der Waals surface area (Å²) in [5.41, 5.74) is 1.45. The summed E-state index contributed by atoms with van der Waals surface area (Å²) in [6.45, 7) is 7.16. The molecule has 1 fully saturated rings. The van der Waals surface area contributed by atoms with Crippen LogP contribution in [0.25, 0.3) is 0 Å². The van der Waals surface area contributed by atoms with E-state index in [1.807, 2.05) is 11.3 Å². The summed E-state index contributed by atoms with van der Waals surface area (Å²) in [6.07, 6.45) is 4.15. The maximum Gasteiger partial charge on any atom is 0.0327 e. The third-order valence-electron chi connectivity index (χ3n) is 4.14. The first kappa shape index (κ1) is 14.0. The van der Waals surface area contributed by atoms with Crippen LogP contribution in [0.4, 0.5) is 0 Å². The van der Waals surface area contributed by atoms with Gasteiger partial charge < -0.3 is 9.80 Å². The van der Waals surface area contributed by atoms with Gasteiger partial charge in [-0.3, -0.25) is 0 Å². The van der Waals surface area contributed by atoms with Crippen molar-refractivity contribution in [3.63, 3.8) is 0 Å². The lowest BCUT2D eigenvalue weighted by Gasteiger charge is -2.30. The number of likely N-dealkylation sites (tertiary alicyclic amines) is 1. The first-order valence-corrected chi connectivity index (χ1v) is 7.93. The van der Waals surface area contributed by atoms with Gasteiger partial charge in [0.05, 0.1) is 0 Å². The number of thiophene rings is 1.